The van der Waals surface area contributed by atoms with Gasteiger partial charge < -0.3 is 4.98 Å². The third-order valence-corrected chi connectivity index (χ3v) is 4.03. The Labute approximate surface area is 124 Å². The molecular formula is C13H13BrN4S. The molecular weight excluding hydrogens is 324 g/mol. The van der Waals surface area contributed by atoms with Crippen LogP contribution < -0.4 is 0 Å². The van der Waals surface area contributed by atoms with Gasteiger partial charge >= 0.3 is 0 Å². The predicted molar refractivity (Wildman–Crippen MR) is 81.9 cm³/mol. The van der Waals surface area contributed by atoms with Gasteiger partial charge in [-0.3, -0.25) is 9.25 Å². The Hall–Kier alpha value is -1.40. The zero-order chi connectivity index (χ0) is 13.6. The van der Waals surface area contributed by atoms with Crippen LogP contribution in [0.25, 0.3) is 11.2 Å². The molecule has 2 aromatic heterocycles. The van der Waals surface area contributed by atoms with Crippen LogP contribution >= 0.6 is 28.1 Å². The zero-order valence-corrected chi connectivity index (χ0v) is 13.0. The largest absolute Gasteiger partial charge is 0.328 e. The molecule has 2 heterocycles. The van der Waals surface area contributed by atoms with E-state index in [1.165, 1.54) is 5.56 Å². The maximum atomic E-state index is 5.41. The van der Waals surface area contributed by atoms with Crippen LogP contribution in [0.2, 0.25) is 0 Å². The molecule has 0 fully saturated rings. The molecule has 4 nitrogen and oxygen atoms in total. The highest BCUT2D eigenvalue weighted by atomic mass is 79.9. The van der Waals surface area contributed by atoms with Gasteiger partial charge in [0.1, 0.15) is 5.52 Å². The van der Waals surface area contributed by atoms with Crippen LogP contribution in [-0.4, -0.2) is 19.3 Å². The van der Waals surface area contributed by atoms with E-state index in [9.17, 15) is 0 Å². The number of rotatable bonds is 2. The minimum Gasteiger partial charge on any atom is -0.328 e. The molecule has 0 spiro atoms. The van der Waals surface area contributed by atoms with Gasteiger partial charge in [-0.2, -0.15) is 5.10 Å². The highest BCUT2D eigenvalue weighted by molar-refractivity contribution is 9.10. The standard InChI is InChI=1S/C13H13BrN4S/c1-8-11-12(17(2)16-8)18(13(19)15-11)7-9-3-5-10(14)6-4-9/h3-6H,7H2,1-2H3,(H,15,19). The van der Waals surface area contributed by atoms with Gasteiger partial charge in [0.2, 0.25) is 0 Å². The maximum absolute atomic E-state index is 5.41. The van der Waals surface area contributed by atoms with Crippen LogP contribution in [0.4, 0.5) is 0 Å². The minimum atomic E-state index is 0.731. The van der Waals surface area contributed by atoms with E-state index < -0.39 is 0 Å². The predicted octanol–water partition coefficient (Wildman–Crippen LogP) is 3.55. The topological polar surface area (TPSA) is 38.5 Å². The van der Waals surface area contributed by atoms with Crippen molar-refractivity contribution in [2.45, 2.75) is 13.5 Å². The number of H-pyrrole nitrogens is 1. The van der Waals surface area contributed by atoms with Gasteiger partial charge in [-0.15, -0.1) is 0 Å². The summed E-state index contributed by atoms with van der Waals surface area (Å²) in [5.74, 6) is 0. The summed E-state index contributed by atoms with van der Waals surface area (Å²) in [5.41, 5.74) is 4.23. The molecule has 0 saturated carbocycles. The Morgan fingerprint density at radius 1 is 1.32 bits per heavy atom. The van der Waals surface area contributed by atoms with Gasteiger partial charge in [0.25, 0.3) is 0 Å². The number of halogens is 1. The molecule has 0 bridgehead atoms. The summed E-state index contributed by atoms with van der Waals surface area (Å²) < 4.78 is 5.76. The zero-order valence-electron chi connectivity index (χ0n) is 10.6. The minimum absolute atomic E-state index is 0.731. The van der Waals surface area contributed by atoms with E-state index >= 15 is 0 Å². The molecule has 19 heavy (non-hydrogen) atoms. The van der Waals surface area contributed by atoms with Gasteiger partial charge in [0.15, 0.2) is 10.4 Å². The molecule has 0 unspecified atom stereocenters. The summed E-state index contributed by atoms with van der Waals surface area (Å²) in [4.78, 5) is 3.23. The van der Waals surface area contributed by atoms with Crippen molar-refractivity contribution >= 4 is 39.3 Å². The summed E-state index contributed by atoms with van der Waals surface area (Å²) in [6, 6.07) is 8.26. The van der Waals surface area contributed by atoms with Crippen molar-refractivity contribution in [1.29, 1.82) is 0 Å². The molecule has 0 aliphatic heterocycles. The molecule has 0 atom stereocenters. The van der Waals surface area contributed by atoms with Crippen LogP contribution in [0, 0.1) is 11.7 Å². The normalized spacial score (nSPS) is 11.3. The van der Waals surface area contributed by atoms with E-state index in [0.29, 0.717) is 0 Å². The second-order valence-corrected chi connectivity index (χ2v) is 5.85. The van der Waals surface area contributed by atoms with Crippen LogP contribution in [-0.2, 0) is 13.6 Å². The SMILES string of the molecule is Cc1nn(C)c2c1[nH]c(=S)n2Cc1ccc(Br)cc1. The van der Waals surface area contributed by atoms with Crippen molar-refractivity contribution in [3.8, 4) is 0 Å². The molecule has 1 aromatic carbocycles. The fraction of sp³-hybridized carbons (Fsp3) is 0.231. The van der Waals surface area contributed by atoms with Crippen LogP contribution in [0.3, 0.4) is 0 Å². The van der Waals surface area contributed by atoms with Gasteiger partial charge in [-0.25, -0.2) is 0 Å². The first-order valence-electron chi connectivity index (χ1n) is 5.93. The smallest absolute Gasteiger partial charge is 0.179 e. The van der Waals surface area contributed by atoms with Crippen molar-refractivity contribution in [2.75, 3.05) is 0 Å². The van der Waals surface area contributed by atoms with Crippen molar-refractivity contribution in [3.05, 3.63) is 44.8 Å². The molecule has 0 amide bonds. The van der Waals surface area contributed by atoms with E-state index in [0.717, 1.165) is 32.6 Å². The Morgan fingerprint density at radius 2 is 2.00 bits per heavy atom. The van der Waals surface area contributed by atoms with Gasteiger partial charge in [0, 0.05) is 11.5 Å². The quantitative estimate of drug-likeness (QED) is 0.727. The number of imidazole rings is 1. The lowest BCUT2D eigenvalue weighted by Crippen LogP contribution is -2.04. The first-order chi connectivity index (χ1) is 9.06. The molecule has 0 saturated heterocycles. The van der Waals surface area contributed by atoms with Crippen LogP contribution in [0.5, 0.6) is 0 Å². The molecule has 3 aromatic rings. The number of benzene rings is 1. The van der Waals surface area contributed by atoms with Crippen molar-refractivity contribution in [2.24, 2.45) is 7.05 Å². The lowest BCUT2D eigenvalue weighted by atomic mass is 10.2. The number of aromatic amines is 1. The second-order valence-electron chi connectivity index (χ2n) is 4.55. The number of hydrogen-bond donors (Lipinski definition) is 1. The lowest BCUT2D eigenvalue weighted by Gasteiger charge is -2.05. The Morgan fingerprint density at radius 3 is 2.68 bits per heavy atom. The number of aryl methyl sites for hydroxylation is 2. The van der Waals surface area contributed by atoms with Crippen molar-refractivity contribution < 1.29 is 0 Å². The van der Waals surface area contributed by atoms with Crippen LogP contribution in [0.15, 0.2) is 28.7 Å². The lowest BCUT2D eigenvalue weighted by molar-refractivity contribution is 0.715. The summed E-state index contributed by atoms with van der Waals surface area (Å²) in [6.45, 7) is 2.72. The monoisotopic (exact) mass is 336 g/mol. The van der Waals surface area contributed by atoms with Crippen molar-refractivity contribution in [1.82, 2.24) is 19.3 Å². The number of aromatic nitrogens is 4. The third-order valence-electron chi connectivity index (χ3n) is 3.18. The maximum Gasteiger partial charge on any atom is 0.179 e. The van der Waals surface area contributed by atoms with E-state index in [1.807, 2.05) is 30.8 Å². The van der Waals surface area contributed by atoms with E-state index in [2.05, 4.69) is 42.7 Å². The molecule has 0 aliphatic rings. The molecule has 0 aliphatic carbocycles. The fourth-order valence-electron chi connectivity index (χ4n) is 2.29. The molecule has 3 rings (SSSR count). The highest BCUT2D eigenvalue weighted by Crippen LogP contribution is 2.19. The fourth-order valence-corrected chi connectivity index (χ4v) is 2.81. The molecule has 0 radical (unpaired) electrons. The number of nitrogens with one attached hydrogen (secondary N) is 1. The number of hydrogen-bond acceptors (Lipinski definition) is 2. The van der Waals surface area contributed by atoms with Crippen LogP contribution in [0.1, 0.15) is 11.3 Å². The third kappa shape index (κ3) is 2.15. The Bertz CT molecular complexity index is 795. The average molecular weight is 337 g/mol. The highest BCUT2D eigenvalue weighted by Gasteiger charge is 2.12. The van der Waals surface area contributed by atoms with Gasteiger partial charge in [-0.05, 0) is 36.8 Å². The van der Waals surface area contributed by atoms with Gasteiger partial charge in [-0.1, -0.05) is 28.1 Å². The first-order valence-corrected chi connectivity index (χ1v) is 7.13. The second kappa shape index (κ2) is 4.61. The Kier molecular flexibility index (Phi) is 3.06. The molecule has 1 N–H and O–H groups in total. The average Bonchev–Trinajstić information content (AvgIpc) is 2.82. The van der Waals surface area contributed by atoms with E-state index in [-0.39, 0.29) is 0 Å². The van der Waals surface area contributed by atoms with Crippen molar-refractivity contribution in [3.63, 3.8) is 0 Å². The summed E-state index contributed by atoms with van der Waals surface area (Å²) in [7, 11) is 1.94. The molecule has 98 valence electrons. The summed E-state index contributed by atoms with van der Waals surface area (Å²) >= 11 is 8.85. The first kappa shape index (κ1) is 12.6. The van der Waals surface area contributed by atoms with Gasteiger partial charge in [0.05, 0.1) is 12.2 Å². The summed E-state index contributed by atoms with van der Waals surface area (Å²) in [5, 5.41) is 4.42. The Balaban J connectivity index is 2.12. The molecule has 6 heteroatoms. The van der Waals surface area contributed by atoms with E-state index in [1.54, 1.807) is 0 Å². The number of fused-ring (bicyclic) bond motifs is 1. The van der Waals surface area contributed by atoms with E-state index in [4.69, 9.17) is 12.2 Å². The number of nitrogens with zero attached hydrogens (tertiary/aromatic N) is 3. The summed E-state index contributed by atoms with van der Waals surface area (Å²) in [6.07, 6.45) is 0.